The second-order valence-electron chi connectivity index (χ2n) is 6.01. The average Bonchev–Trinajstić information content (AvgIpc) is 2.69. The molecular formula is C19H21F2N3OS2. The molecule has 1 aliphatic heterocycles. The van der Waals surface area contributed by atoms with Gasteiger partial charge in [0.2, 0.25) is 0 Å². The van der Waals surface area contributed by atoms with Crippen molar-refractivity contribution in [3.05, 3.63) is 48.5 Å². The number of benzene rings is 2. The molecule has 1 N–H and O–H groups in total. The molecule has 1 heterocycles. The maximum absolute atomic E-state index is 12.4. The van der Waals surface area contributed by atoms with E-state index in [1.54, 1.807) is 31.4 Å². The van der Waals surface area contributed by atoms with Crippen LogP contribution in [0.4, 0.5) is 20.2 Å². The topological polar surface area (TPSA) is 27.7 Å². The third-order valence-corrected chi connectivity index (χ3v) is 5.40. The van der Waals surface area contributed by atoms with Crippen molar-refractivity contribution in [3.8, 4) is 5.75 Å². The molecule has 0 unspecified atom stereocenters. The van der Waals surface area contributed by atoms with Crippen molar-refractivity contribution in [1.82, 2.24) is 4.90 Å². The van der Waals surface area contributed by atoms with Gasteiger partial charge >= 0.3 is 0 Å². The number of hydrogen-bond donors (Lipinski definition) is 1. The summed E-state index contributed by atoms with van der Waals surface area (Å²) in [5.41, 5.74) is 1.94. The quantitative estimate of drug-likeness (QED) is 0.576. The van der Waals surface area contributed by atoms with Gasteiger partial charge in [0.05, 0.1) is 7.11 Å². The van der Waals surface area contributed by atoms with Crippen LogP contribution < -0.4 is 15.0 Å². The number of rotatable bonds is 5. The zero-order valence-electron chi connectivity index (χ0n) is 14.9. The molecule has 0 atom stereocenters. The van der Waals surface area contributed by atoms with E-state index in [9.17, 15) is 8.78 Å². The van der Waals surface area contributed by atoms with Crippen LogP contribution in [0.15, 0.2) is 53.4 Å². The number of nitrogens with zero attached hydrogens (tertiary/aromatic N) is 2. The van der Waals surface area contributed by atoms with Crippen molar-refractivity contribution in [2.45, 2.75) is 10.7 Å². The van der Waals surface area contributed by atoms with Crippen LogP contribution in [0.3, 0.4) is 0 Å². The summed E-state index contributed by atoms with van der Waals surface area (Å²) in [5, 5.41) is 3.83. The SMILES string of the molecule is COc1cccc(N2CCN(C(=S)Nc3ccc(SC(F)F)cc3)CC2)c1. The van der Waals surface area contributed by atoms with Crippen LogP contribution >= 0.6 is 24.0 Å². The second-order valence-corrected chi connectivity index (χ2v) is 7.46. The lowest BCUT2D eigenvalue weighted by molar-refractivity contribution is 0.252. The molecule has 1 saturated heterocycles. The highest BCUT2D eigenvalue weighted by Gasteiger charge is 2.19. The Morgan fingerprint density at radius 1 is 1.11 bits per heavy atom. The summed E-state index contributed by atoms with van der Waals surface area (Å²) >= 11 is 6.04. The van der Waals surface area contributed by atoms with Crippen LogP contribution in [-0.2, 0) is 0 Å². The molecule has 0 saturated carbocycles. The molecule has 0 bridgehead atoms. The molecule has 27 heavy (non-hydrogen) atoms. The molecule has 1 fully saturated rings. The predicted molar refractivity (Wildman–Crippen MR) is 111 cm³/mol. The van der Waals surface area contributed by atoms with E-state index in [1.807, 2.05) is 18.2 Å². The van der Waals surface area contributed by atoms with E-state index in [-0.39, 0.29) is 0 Å². The maximum Gasteiger partial charge on any atom is 0.288 e. The fraction of sp³-hybridized carbons (Fsp3) is 0.316. The number of halogens is 2. The number of methoxy groups -OCH3 is 1. The van der Waals surface area contributed by atoms with Crippen LogP contribution in [-0.4, -0.2) is 49.1 Å². The van der Waals surface area contributed by atoms with Gasteiger partial charge in [0.25, 0.3) is 5.76 Å². The Morgan fingerprint density at radius 2 is 1.81 bits per heavy atom. The van der Waals surface area contributed by atoms with Gasteiger partial charge in [0.15, 0.2) is 5.11 Å². The first-order chi connectivity index (χ1) is 13.0. The molecule has 3 rings (SSSR count). The number of hydrogen-bond acceptors (Lipinski definition) is 4. The van der Waals surface area contributed by atoms with Crippen molar-refractivity contribution >= 4 is 40.5 Å². The van der Waals surface area contributed by atoms with Crippen molar-refractivity contribution < 1.29 is 13.5 Å². The fourth-order valence-corrected chi connectivity index (χ4v) is 3.70. The molecule has 8 heteroatoms. The van der Waals surface area contributed by atoms with Gasteiger partial charge in [-0.05, 0) is 48.6 Å². The Kier molecular flexibility index (Phi) is 6.73. The third kappa shape index (κ3) is 5.46. The number of thioether (sulfide) groups is 1. The zero-order chi connectivity index (χ0) is 19.2. The largest absolute Gasteiger partial charge is 0.497 e. The first kappa shape index (κ1) is 19.7. The van der Waals surface area contributed by atoms with Gasteiger partial charge in [-0.2, -0.15) is 8.78 Å². The number of piperazine rings is 1. The van der Waals surface area contributed by atoms with Crippen molar-refractivity contribution in [3.63, 3.8) is 0 Å². The Hall–Kier alpha value is -2.06. The van der Waals surface area contributed by atoms with Crippen molar-refractivity contribution in [2.24, 2.45) is 0 Å². The summed E-state index contributed by atoms with van der Waals surface area (Å²) in [6, 6.07) is 14.9. The normalized spacial score (nSPS) is 14.4. The van der Waals surface area contributed by atoms with Crippen LogP contribution in [0.5, 0.6) is 5.75 Å². The fourth-order valence-electron chi connectivity index (χ4n) is 2.90. The van der Waals surface area contributed by atoms with Gasteiger partial charge in [0, 0.05) is 48.5 Å². The summed E-state index contributed by atoms with van der Waals surface area (Å²) in [7, 11) is 1.67. The standard InChI is InChI=1S/C19H21F2N3OS2/c1-25-16-4-2-3-15(13-16)23-9-11-24(12-10-23)19(26)22-14-5-7-17(8-6-14)27-18(20)21/h2-8,13,18H,9-12H2,1H3,(H,22,26). The second kappa shape index (κ2) is 9.23. The van der Waals surface area contributed by atoms with Crippen molar-refractivity contribution in [2.75, 3.05) is 43.5 Å². The number of ether oxygens (including phenoxy) is 1. The van der Waals surface area contributed by atoms with E-state index in [0.717, 1.165) is 43.3 Å². The van der Waals surface area contributed by atoms with Crippen LogP contribution in [0.2, 0.25) is 0 Å². The van der Waals surface area contributed by atoms with E-state index in [1.165, 1.54) is 0 Å². The molecule has 4 nitrogen and oxygen atoms in total. The summed E-state index contributed by atoms with van der Waals surface area (Å²) in [6.07, 6.45) is 0. The third-order valence-electron chi connectivity index (χ3n) is 4.32. The summed E-state index contributed by atoms with van der Waals surface area (Å²) in [4.78, 5) is 4.96. The van der Waals surface area contributed by atoms with E-state index in [0.29, 0.717) is 21.8 Å². The van der Waals surface area contributed by atoms with Crippen molar-refractivity contribution in [1.29, 1.82) is 0 Å². The highest BCUT2D eigenvalue weighted by Crippen LogP contribution is 2.26. The lowest BCUT2D eigenvalue weighted by Gasteiger charge is -2.37. The first-order valence-corrected chi connectivity index (χ1v) is 9.84. The Bertz CT molecular complexity index is 766. The Morgan fingerprint density at radius 3 is 2.44 bits per heavy atom. The number of anilines is 2. The summed E-state index contributed by atoms with van der Waals surface area (Å²) in [5.74, 6) is -1.56. The average molecular weight is 410 g/mol. The van der Waals surface area contributed by atoms with Gasteiger partial charge in [0.1, 0.15) is 5.75 Å². The molecular weight excluding hydrogens is 388 g/mol. The maximum atomic E-state index is 12.4. The molecule has 0 aromatic heterocycles. The summed E-state index contributed by atoms with van der Waals surface area (Å²) < 4.78 is 30.0. The first-order valence-electron chi connectivity index (χ1n) is 8.55. The minimum Gasteiger partial charge on any atom is -0.497 e. The van der Waals surface area contributed by atoms with Gasteiger partial charge in [-0.3, -0.25) is 0 Å². The highest BCUT2D eigenvalue weighted by molar-refractivity contribution is 7.99. The lowest BCUT2D eigenvalue weighted by Crippen LogP contribution is -2.50. The van der Waals surface area contributed by atoms with Gasteiger partial charge in [-0.15, -0.1) is 0 Å². The Balaban J connectivity index is 1.52. The van der Waals surface area contributed by atoms with E-state index < -0.39 is 5.76 Å². The Labute approximate surface area is 167 Å². The van der Waals surface area contributed by atoms with Gasteiger partial charge < -0.3 is 19.9 Å². The number of alkyl halides is 2. The van der Waals surface area contributed by atoms with Crippen LogP contribution in [0, 0.1) is 0 Å². The molecule has 144 valence electrons. The highest BCUT2D eigenvalue weighted by atomic mass is 32.2. The zero-order valence-corrected chi connectivity index (χ0v) is 16.5. The lowest BCUT2D eigenvalue weighted by atomic mass is 10.2. The molecule has 0 aliphatic carbocycles. The van der Waals surface area contributed by atoms with Gasteiger partial charge in [-0.25, -0.2) is 0 Å². The van der Waals surface area contributed by atoms with Crippen LogP contribution in [0.1, 0.15) is 0 Å². The molecule has 1 aliphatic rings. The van der Waals surface area contributed by atoms with E-state index in [4.69, 9.17) is 17.0 Å². The summed E-state index contributed by atoms with van der Waals surface area (Å²) in [6.45, 7) is 3.34. The van der Waals surface area contributed by atoms with Gasteiger partial charge in [-0.1, -0.05) is 17.8 Å². The molecule has 0 spiro atoms. The minimum atomic E-state index is -2.41. The number of nitrogens with one attached hydrogen (secondary N) is 1. The molecule has 2 aromatic rings. The van der Waals surface area contributed by atoms with E-state index >= 15 is 0 Å². The monoisotopic (exact) mass is 409 g/mol. The number of thiocarbonyl (C=S) groups is 1. The smallest absolute Gasteiger partial charge is 0.288 e. The van der Waals surface area contributed by atoms with E-state index in [2.05, 4.69) is 21.2 Å². The molecule has 0 amide bonds. The van der Waals surface area contributed by atoms with Crippen LogP contribution in [0.25, 0.3) is 0 Å². The molecule has 0 radical (unpaired) electrons. The predicted octanol–water partition coefficient (Wildman–Crippen LogP) is 4.53. The minimum absolute atomic E-state index is 0.536. The molecule has 2 aromatic carbocycles.